The number of quaternary nitrogens is 1. The summed E-state index contributed by atoms with van der Waals surface area (Å²) in [5.74, 6) is 0. The largest absolute Gasteiger partial charge is 0.379 e. The summed E-state index contributed by atoms with van der Waals surface area (Å²) in [5.41, 5.74) is 0. The Hall–Kier alpha value is -0.120. The lowest BCUT2D eigenvalue weighted by Gasteiger charge is -2.29. The normalized spacial score (nSPS) is 12.0. The molecule has 0 amide bonds. The lowest BCUT2D eigenvalue weighted by molar-refractivity contribution is -0.891. The first-order valence-corrected chi connectivity index (χ1v) is 12.1. The fraction of sp³-hybridized carbons (Fsp3) is 1.00. The van der Waals surface area contributed by atoms with E-state index < -0.39 is 0 Å². The van der Waals surface area contributed by atoms with Crippen molar-refractivity contribution in [2.75, 3.05) is 53.6 Å². The lowest BCUT2D eigenvalue weighted by Crippen LogP contribution is -2.43. The highest BCUT2D eigenvalue weighted by molar-refractivity contribution is 4.49. The van der Waals surface area contributed by atoms with E-state index in [-0.39, 0.29) is 0 Å². The molecule has 0 radical (unpaired) electrons. The minimum absolute atomic E-state index is 0.738. The molecular weight excluding hydrogens is 334 g/mol. The molecule has 3 nitrogen and oxygen atoms in total. The van der Waals surface area contributed by atoms with Crippen LogP contribution in [0, 0.1) is 0 Å². The molecule has 0 spiro atoms. The Kier molecular flexibility index (Phi) is 20.5. The Morgan fingerprint density at radius 1 is 0.444 bits per heavy atom. The van der Waals surface area contributed by atoms with Gasteiger partial charge in [0.2, 0.25) is 0 Å². The summed E-state index contributed by atoms with van der Waals surface area (Å²) in [5, 5.41) is 0. The molecule has 0 N–H and O–H groups in total. The maximum atomic E-state index is 5.72. The van der Waals surface area contributed by atoms with Crippen molar-refractivity contribution in [1.29, 1.82) is 0 Å². The third-order valence-corrected chi connectivity index (χ3v) is 5.47. The van der Waals surface area contributed by atoms with Crippen molar-refractivity contribution in [3.05, 3.63) is 0 Å². The van der Waals surface area contributed by atoms with Crippen molar-refractivity contribution < 1.29 is 14.0 Å². The van der Waals surface area contributed by atoms with Gasteiger partial charge in [0.05, 0.1) is 40.5 Å². The van der Waals surface area contributed by atoms with Gasteiger partial charge in [0.25, 0.3) is 0 Å². The van der Waals surface area contributed by atoms with E-state index >= 15 is 0 Å². The van der Waals surface area contributed by atoms with Gasteiger partial charge in [-0.1, -0.05) is 84.5 Å². The standard InChI is InChI=1S/C24H52NO2/c1-5-7-9-10-11-12-13-14-15-16-17-18-19-25(3,4)20-22-27-24-23-26-21-8-6-2/h5-24H2,1-4H3/q+1. The summed E-state index contributed by atoms with van der Waals surface area (Å²) in [7, 11) is 4.67. The molecule has 0 aliphatic heterocycles. The minimum Gasteiger partial charge on any atom is -0.379 e. The zero-order valence-electron chi connectivity index (χ0n) is 19.4. The first-order valence-electron chi connectivity index (χ1n) is 12.1. The molecule has 0 aromatic heterocycles. The molecule has 0 saturated carbocycles. The van der Waals surface area contributed by atoms with Gasteiger partial charge in [0.15, 0.2) is 0 Å². The quantitative estimate of drug-likeness (QED) is 0.154. The van der Waals surface area contributed by atoms with Crippen LogP contribution in [-0.4, -0.2) is 58.1 Å². The molecule has 0 bridgehead atoms. The SMILES string of the molecule is CCCCCCCCCCCCCC[N+](C)(C)CCOCCOCCCC. The maximum Gasteiger partial charge on any atom is 0.102 e. The Balaban J connectivity index is 3.30. The van der Waals surface area contributed by atoms with Crippen LogP contribution in [0.1, 0.15) is 104 Å². The molecule has 0 heterocycles. The third kappa shape index (κ3) is 22.0. The van der Waals surface area contributed by atoms with E-state index in [1.807, 2.05) is 0 Å². The molecule has 0 aliphatic carbocycles. The number of rotatable bonds is 22. The maximum absolute atomic E-state index is 5.72. The highest BCUT2D eigenvalue weighted by Crippen LogP contribution is 2.12. The minimum atomic E-state index is 0.738. The number of unbranched alkanes of at least 4 members (excludes halogenated alkanes) is 12. The molecule has 164 valence electrons. The van der Waals surface area contributed by atoms with E-state index in [0.717, 1.165) is 43.9 Å². The van der Waals surface area contributed by atoms with Crippen LogP contribution in [-0.2, 0) is 9.47 Å². The summed E-state index contributed by atoms with van der Waals surface area (Å²) in [6.45, 7) is 10.1. The van der Waals surface area contributed by atoms with Crippen LogP contribution in [0.15, 0.2) is 0 Å². The van der Waals surface area contributed by atoms with Gasteiger partial charge in [0, 0.05) is 6.61 Å². The second kappa shape index (κ2) is 20.6. The van der Waals surface area contributed by atoms with Crippen molar-refractivity contribution in [1.82, 2.24) is 0 Å². The van der Waals surface area contributed by atoms with Gasteiger partial charge >= 0.3 is 0 Å². The molecular formula is C24H52NO2+. The van der Waals surface area contributed by atoms with Crippen LogP contribution in [0.3, 0.4) is 0 Å². The molecule has 0 aromatic rings. The van der Waals surface area contributed by atoms with Crippen molar-refractivity contribution in [2.24, 2.45) is 0 Å². The number of hydrogen-bond acceptors (Lipinski definition) is 2. The van der Waals surface area contributed by atoms with E-state index in [2.05, 4.69) is 27.9 Å². The average Bonchev–Trinajstić information content (AvgIpc) is 2.64. The van der Waals surface area contributed by atoms with Gasteiger partial charge in [-0.25, -0.2) is 0 Å². The molecule has 27 heavy (non-hydrogen) atoms. The Bertz CT molecular complexity index is 282. The van der Waals surface area contributed by atoms with Gasteiger partial charge in [0.1, 0.15) is 6.54 Å². The highest BCUT2D eigenvalue weighted by atomic mass is 16.5. The van der Waals surface area contributed by atoms with Gasteiger partial charge in [-0.3, -0.25) is 0 Å². The summed E-state index contributed by atoms with van der Waals surface area (Å²) in [4.78, 5) is 0. The topological polar surface area (TPSA) is 18.5 Å². The predicted molar refractivity (Wildman–Crippen MR) is 119 cm³/mol. The lowest BCUT2D eigenvalue weighted by atomic mass is 10.1. The monoisotopic (exact) mass is 386 g/mol. The number of likely N-dealkylation sites (N-methyl/N-ethyl adjacent to an activating group) is 1. The molecule has 0 unspecified atom stereocenters. The first kappa shape index (κ1) is 26.9. The zero-order valence-corrected chi connectivity index (χ0v) is 19.4. The Labute approximate surface area is 171 Å². The molecule has 0 aromatic carbocycles. The zero-order chi connectivity index (χ0) is 20.1. The Morgan fingerprint density at radius 3 is 1.41 bits per heavy atom. The fourth-order valence-electron chi connectivity index (χ4n) is 3.37. The highest BCUT2D eigenvalue weighted by Gasteiger charge is 2.13. The fourth-order valence-corrected chi connectivity index (χ4v) is 3.37. The van der Waals surface area contributed by atoms with Crippen LogP contribution in [0.5, 0.6) is 0 Å². The van der Waals surface area contributed by atoms with Gasteiger partial charge in [-0.2, -0.15) is 0 Å². The molecule has 0 fully saturated rings. The van der Waals surface area contributed by atoms with Crippen LogP contribution < -0.4 is 0 Å². The number of ether oxygens (including phenoxy) is 2. The summed E-state index contributed by atoms with van der Waals surface area (Å²) >= 11 is 0. The van der Waals surface area contributed by atoms with Crippen LogP contribution in [0.2, 0.25) is 0 Å². The molecule has 3 heteroatoms. The second-order valence-corrected chi connectivity index (χ2v) is 8.85. The van der Waals surface area contributed by atoms with E-state index in [1.165, 1.54) is 90.0 Å². The molecule has 0 saturated heterocycles. The summed E-state index contributed by atoms with van der Waals surface area (Å²) in [6, 6.07) is 0. The van der Waals surface area contributed by atoms with E-state index in [9.17, 15) is 0 Å². The van der Waals surface area contributed by atoms with Gasteiger partial charge in [-0.15, -0.1) is 0 Å². The van der Waals surface area contributed by atoms with Crippen molar-refractivity contribution >= 4 is 0 Å². The molecule has 0 rings (SSSR count). The van der Waals surface area contributed by atoms with Gasteiger partial charge in [-0.05, 0) is 19.3 Å². The van der Waals surface area contributed by atoms with E-state index in [1.54, 1.807) is 0 Å². The van der Waals surface area contributed by atoms with Crippen molar-refractivity contribution in [2.45, 2.75) is 104 Å². The van der Waals surface area contributed by atoms with Crippen molar-refractivity contribution in [3.8, 4) is 0 Å². The number of nitrogens with zero attached hydrogens (tertiary/aromatic N) is 1. The molecule has 0 atom stereocenters. The average molecular weight is 387 g/mol. The number of hydrogen-bond donors (Lipinski definition) is 0. The first-order chi connectivity index (χ1) is 13.1. The third-order valence-electron chi connectivity index (χ3n) is 5.47. The summed E-state index contributed by atoms with van der Waals surface area (Å²) in [6.07, 6.45) is 19.4. The summed E-state index contributed by atoms with van der Waals surface area (Å²) < 4.78 is 12.3. The van der Waals surface area contributed by atoms with Crippen molar-refractivity contribution in [3.63, 3.8) is 0 Å². The van der Waals surface area contributed by atoms with E-state index in [0.29, 0.717) is 0 Å². The smallest absolute Gasteiger partial charge is 0.102 e. The molecule has 0 aliphatic rings. The second-order valence-electron chi connectivity index (χ2n) is 8.85. The van der Waals surface area contributed by atoms with Crippen LogP contribution >= 0.6 is 0 Å². The van der Waals surface area contributed by atoms with E-state index in [4.69, 9.17) is 9.47 Å². The van der Waals surface area contributed by atoms with Crippen LogP contribution in [0.4, 0.5) is 0 Å². The van der Waals surface area contributed by atoms with Gasteiger partial charge < -0.3 is 14.0 Å². The van der Waals surface area contributed by atoms with Crippen LogP contribution in [0.25, 0.3) is 0 Å². The predicted octanol–water partition coefficient (Wildman–Crippen LogP) is 6.60. The Morgan fingerprint density at radius 2 is 0.889 bits per heavy atom.